The van der Waals surface area contributed by atoms with Crippen molar-refractivity contribution < 1.29 is 9.50 Å². The molecule has 0 amide bonds. The molecule has 3 aromatic carbocycles. The predicted molar refractivity (Wildman–Crippen MR) is 117 cm³/mol. The van der Waals surface area contributed by atoms with E-state index in [0.29, 0.717) is 6.42 Å². The highest BCUT2D eigenvalue weighted by molar-refractivity contribution is 5.85. The SMILES string of the molecule is CC1C(c2ccccc2)N(C)C(c2ccccc2)CC1(O)c1ccc(F)cc1.Cl. The van der Waals surface area contributed by atoms with Gasteiger partial charge in [0.05, 0.1) is 5.60 Å². The molecule has 0 aliphatic carbocycles. The van der Waals surface area contributed by atoms with E-state index in [4.69, 9.17) is 0 Å². The highest BCUT2D eigenvalue weighted by atomic mass is 35.5. The molecular weight excluding hydrogens is 385 g/mol. The Morgan fingerprint density at radius 2 is 1.38 bits per heavy atom. The summed E-state index contributed by atoms with van der Waals surface area (Å²) in [5.41, 5.74) is 2.08. The Hall–Kier alpha value is -2.20. The molecule has 1 saturated heterocycles. The zero-order valence-corrected chi connectivity index (χ0v) is 17.5. The number of aliphatic hydroxyl groups is 1. The lowest BCUT2D eigenvalue weighted by molar-refractivity contribution is -0.120. The van der Waals surface area contributed by atoms with Gasteiger partial charge in [0.1, 0.15) is 5.82 Å². The van der Waals surface area contributed by atoms with Gasteiger partial charge >= 0.3 is 0 Å². The summed E-state index contributed by atoms with van der Waals surface area (Å²) in [4.78, 5) is 2.37. The van der Waals surface area contributed by atoms with Crippen molar-refractivity contribution in [3.05, 3.63) is 107 Å². The molecule has 1 fully saturated rings. The fourth-order valence-corrected chi connectivity index (χ4v) is 4.75. The molecular formula is C25H27ClFNO. The highest BCUT2D eigenvalue weighted by Gasteiger charge is 2.49. The van der Waals surface area contributed by atoms with Gasteiger partial charge in [-0.1, -0.05) is 79.7 Å². The largest absolute Gasteiger partial charge is 0.385 e. The molecule has 0 spiro atoms. The second-order valence-electron chi connectivity index (χ2n) is 7.87. The van der Waals surface area contributed by atoms with E-state index in [0.717, 1.165) is 5.56 Å². The molecule has 4 atom stereocenters. The van der Waals surface area contributed by atoms with E-state index < -0.39 is 5.60 Å². The molecule has 4 unspecified atom stereocenters. The van der Waals surface area contributed by atoms with Crippen molar-refractivity contribution in [2.24, 2.45) is 5.92 Å². The Kier molecular flexibility index (Phi) is 6.42. The van der Waals surface area contributed by atoms with Crippen LogP contribution in [0.15, 0.2) is 84.9 Å². The molecule has 1 aliphatic rings. The van der Waals surface area contributed by atoms with Crippen LogP contribution in [0.1, 0.15) is 42.1 Å². The summed E-state index contributed by atoms with van der Waals surface area (Å²) >= 11 is 0. The molecule has 152 valence electrons. The normalized spacial score (nSPS) is 27.2. The van der Waals surface area contributed by atoms with Gasteiger partial charge in [0.2, 0.25) is 0 Å². The minimum Gasteiger partial charge on any atom is -0.385 e. The lowest BCUT2D eigenvalue weighted by atomic mass is 9.68. The van der Waals surface area contributed by atoms with E-state index in [1.165, 1.54) is 23.3 Å². The third-order valence-corrected chi connectivity index (χ3v) is 6.33. The second kappa shape index (κ2) is 8.66. The number of halogens is 2. The van der Waals surface area contributed by atoms with E-state index in [2.05, 4.69) is 43.1 Å². The quantitative estimate of drug-likeness (QED) is 0.580. The van der Waals surface area contributed by atoms with Crippen LogP contribution in [-0.4, -0.2) is 17.1 Å². The second-order valence-corrected chi connectivity index (χ2v) is 7.87. The van der Waals surface area contributed by atoms with Crippen LogP contribution in [0.25, 0.3) is 0 Å². The van der Waals surface area contributed by atoms with E-state index in [1.54, 1.807) is 12.1 Å². The maximum absolute atomic E-state index is 13.5. The predicted octanol–water partition coefficient (Wildman–Crippen LogP) is 5.89. The zero-order valence-electron chi connectivity index (χ0n) is 16.7. The average Bonchev–Trinajstić information content (AvgIpc) is 2.73. The molecule has 29 heavy (non-hydrogen) atoms. The summed E-state index contributed by atoms with van der Waals surface area (Å²) in [5.74, 6) is -0.350. The molecule has 4 rings (SSSR count). The Bertz CT molecular complexity index is 919. The number of benzene rings is 3. The van der Waals surface area contributed by atoms with Gasteiger partial charge in [-0.15, -0.1) is 12.4 Å². The van der Waals surface area contributed by atoms with E-state index in [1.807, 2.05) is 36.4 Å². The first-order valence-corrected chi connectivity index (χ1v) is 9.81. The van der Waals surface area contributed by atoms with Crippen LogP contribution < -0.4 is 0 Å². The summed E-state index contributed by atoms with van der Waals surface area (Å²) in [5, 5.41) is 11.9. The van der Waals surface area contributed by atoms with Gasteiger partial charge in [-0.2, -0.15) is 0 Å². The van der Waals surface area contributed by atoms with Crippen LogP contribution in [-0.2, 0) is 5.60 Å². The molecule has 0 bridgehead atoms. The summed E-state index contributed by atoms with van der Waals surface area (Å²) in [7, 11) is 2.13. The lowest BCUT2D eigenvalue weighted by Gasteiger charge is -2.52. The molecule has 0 saturated carbocycles. The third-order valence-electron chi connectivity index (χ3n) is 6.33. The Labute approximate surface area is 178 Å². The van der Waals surface area contributed by atoms with Gasteiger partial charge in [-0.05, 0) is 35.9 Å². The van der Waals surface area contributed by atoms with Crippen molar-refractivity contribution in [2.75, 3.05) is 7.05 Å². The number of nitrogens with zero attached hydrogens (tertiary/aromatic N) is 1. The van der Waals surface area contributed by atoms with Gasteiger partial charge < -0.3 is 5.11 Å². The van der Waals surface area contributed by atoms with Crippen molar-refractivity contribution in [3.8, 4) is 0 Å². The maximum atomic E-state index is 13.5. The summed E-state index contributed by atoms with van der Waals surface area (Å²) in [6, 6.07) is 27.1. The zero-order chi connectivity index (χ0) is 19.7. The van der Waals surface area contributed by atoms with Crippen LogP contribution in [0.5, 0.6) is 0 Å². The van der Waals surface area contributed by atoms with Gasteiger partial charge in [0.25, 0.3) is 0 Å². The fourth-order valence-electron chi connectivity index (χ4n) is 4.75. The number of hydrogen-bond acceptors (Lipinski definition) is 2. The Balaban J connectivity index is 0.00000240. The third kappa shape index (κ3) is 3.95. The summed E-state index contributed by atoms with van der Waals surface area (Å²) < 4.78 is 13.5. The van der Waals surface area contributed by atoms with Crippen molar-refractivity contribution >= 4 is 12.4 Å². The van der Waals surface area contributed by atoms with Crippen LogP contribution >= 0.6 is 12.4 Å². The number of rotatable bonds is 3. The van der Waals surface area contributed by atoms with Crippen molar-refractivity contribution in [3.63, 3.8) is 0 Å². The molecule has 1 aliphatic heterocycles. The first kappa shape index (κ1) is 21.5. The van der Waals surface area contributed by atoms with E-state index in [9.17, 15) is 9.50 Å². The number of hydrogen-bond donors (Lipinski definition) is 1. The van der Waals surface area contributed by atoms with Gasteiger partial charge in [0, 0.05) is 24.4 Å². The van der Waals surface area contributed by atoms with Crippen LogP contribution in [0, 0.1) is 11.7 Å². The average molecular weight is 412 g/mol. The van der Waals surface area contributed by atoms with Crippen molar-refractivity contribution in [2.45, 2.75) is 31.0 Å². The van der Waals surface area contributed by atoms with Crippen LogP contribution in [0.2, 0.25) is 0 Å². The fraction of sp³-hybridized carbons (Fsp3) is 0.280. The maximum Gasteiger partial charge on any atom is 0.123 e. The molecule has 0 aromatic heterocycles. The van der Waals surface area contributed by atoms with E-state index >= 15 is 0 Å². The van der Waals surface area contributed by atoms with E-state index in [-0.39, 0.29) is 36.2 Å². The minimum absolute atomic E-state index is 0. The topological polar surface area (TPSA) is 23.5 Å². The molecule has 1 N–H and O–H groups in total. The summed E-state index contributed by atoms with van der Waals surface area (Å²) in [6.07, 6.45) is 0.559. The Morgan fingerprint density at radius 3 is 1.93 bits per heavy atom. The standard InChI is InChI=1S/C25H26FNO.ClH/c1-18-24(20-11-7-4-8-12-20)27(2)23(19-9-5-3-6-10-19)17-25(18,28)21-13-15-22(26)16-14-21;/h3-16,18,23-24,28H,17H2,1-2H3;1H. The molecule has 1 heterocycles. The monoisotopic (exact) mass is 411 g/mol. The highest BCUT2D eigenvalue weighted by Crippen LogP contribution is 2.52. The van der Waals surface area contributed by atoms with Gasteiger partial charge in [-0.3, -0.25) is 4.90 Å². The van der Waals surface area contributed by atoms with Gasteiger partial charge in [0.15, 0.2) is 0 Å². The molecule has 3 aromatic rings. The molecule has 2 nitrogen and oxygen atoms in total. The van der Waals surface area contributed by atoms with Crippen LogP contribution in [0.4, 0.5) is 4.39 Å². The lowest BCUT2D eigenvalue weighted by Crippen LogP contribution is -2.50. The Morgan fingerprint density at radius 1 is 0.862 bits per heavy atom. The van der Waals surface area contributed by atoms with Crippen molar-refractivity contribution in [1.29, 1.82) is 0 Å². The number of piperidine rings is 1. The first-order valence-electron chi connectivity index (χ1n) is 9.81. The molecule has 4 heteroatoms. The smallest absolute Gasteiger partial charge is 0.123 e. The summed E-state index contributed by atoms with van der Waals surface area (Å²) in [6.45, 7) is 2.10. The van der Waals surface area contributed by atoms with Gasteiger partial charge in [-0.25, -0.2) is 4.39 Å². The van der Waals surface area contributed by atoms with Crippen LogP contribution in [0.3, 0.4) is 0 Å². The number of likely N-dealkylation sites (tertiary alicyclic amines) is 1. The minimum atomic E-state index is -1.05. The van der Waals surface area contributed by atoms with Crippen molar-refractivity contribution in [1.82, 2.24) is 4.90 Å². The first-order chi connectivity index (χ1) is 13.5. The molecule has 0 radical (unpaired) electrons.